The Hall–Kier alpha value is -6.23. The second-order valence-electron chi connectivity index (χ2n) is 16.9. The van der Waals surface area contributed by atoms with Crippen molar-refractivity contribution in [3.8, 4) is 28.7 Å². The molecular weight excluding hydrogens is 924 g/mol. The first kappa shape index (κ1) is 51.6. The lowest BCUT2D eigenvalue weighted by molar-refractivity contribution is -0.140. The summed E-state index contributed by atoms with van der Waals surface area (Å²) in [6.07, 6.45) is -0.652. The number of thioether (sulfide) groups is 1. The lowest BCUT2D eigenvalue weighted by Gasteiger charge is -2.30. The van der Waals surface area contributed by atoms with E-state index in [1.807, 2.05) is 56.3 Å². The Morgan fingerprint density at radius 2 is 1.66 bits per heavy atom. The fourth-order valence-corrected chi connectivity index (χ4v) is 8.80. The van der Waals surface area contributed by atoms with E-state index in [-0.39, 0.29) is 30.7 Å². The number of nitrogens with one attached hydrogen (secondary N) is 3. The number of carbonyl (C=O) groups is 1. The standard InChI is InChI=1S/C52H60F3N7O7S/c1-37-51(38(2)69-59-37)40-12-17-50(64)61(34-40)33-39-7-4-9-44(31-39)68-35-49(63)57-21-24-65-25-26-66-27-28-67-29-30-70-45-15-13-41(14-16-45)56-20-6-8-43-32-46-47(58-42-18-22-60(3)23-19-42)10-5-11-48(46)62(43)36-52(53,54)55/h4-5,7,9-17,31-32,34,42,56,58H,18-30,33,35-36H2,1-3H3,(H,57,63). The van der Waals surface area contributed by atoms with E-state index in [4.69, 9.17) is 23.5 Å². The van der Waals surface area contributed by atoms with E-state index >= 15 is 0 Å². The van der Waals surface area contributed by atoms with Gasteiger partial charge in [0.25, 0.3) is 11.5 Å². The number of likely N-dealkylation sites (tertiary alicyclic amines) is 1. The monoisotopic (exact) mass is 983 g/mol. The number of hydrogen-bond acceptors (Lipinski definition) is 12. The summed E-state index contributed by atoms with van der Waals surface area (Å²) in [5.74, 6) is 7.68. The van der Waals surface area contributed by atoms with Crippen molar-refractivity contribution in [2.24, 2.45) is 0 Å². The number of rotatable bonds is 24. The number of amides is 1. The van der Waals surface area contributed by atoms with Crippen LogP contribution in [-0.2, 0) is 32.1 Å². The van der Waals surface area contributed by atoms with E-state index in [1.54, 1.807) is 58.9 Å². The van der Waals surface area contributed by atoms with Gasteiger partial charge in [-0.25, -0.2) is 0 Å². The van der Waals surface area contributed by atoms with Crippen molar-refractivity contribution in [2.45, 2.75) is 56.9 Å². The Morgan fingerprint density at radius 1 is 0.914 bits per heavy atom. The predicted molar refractivity (Wildman–Crippen MR) is 267 cm³/mol. The Kier molecular flexibility index (Phi) is 18.9. The molecule has 372 valence electrons. The average molecular weight is 984 g/mol. The lowest BCUT2D eigenvalue weighted by atomic mass is 10.0. The van der Waals surface area contributed by atoms with Crippen molar-refractivity contribution in [1.29, 1.82) is 0 Å². The van der Waals surface area contributed by atoms with Crippen LogP contribution in [0.5, 0.6) is 5.75 Å². The van der Waals surface area contributed by atoms with Crippen LogP contribution in [0.15, 0.2) is 105 Å². The Balaban J connectivity index is 0.713. The van der Waals surface area contributed by atoms with E-state index in [0.29, 0.717) is 75.5 Å². The molecule has 3 aromatic heterocycles. The topological polar surface area (TPSA) is 146 Å². The lowest BCUT2D eigenvalue weighted by Crippen LogP contribution is -2.36. The highest BCUT2D eigenvalue weighted by atomic mass is 32.2. The normalized spacial score (nSPS) is 13.3. The smallest absolute Gasteiger partial charge is 0.406 e. The third kappa shape index (κ3) is 15.6. The molecule has 7 rings (SSSR count). The van der Waals surface area contributed by atoms with Gasteiger partial charge in [0, 0.05) is 63.4 Å². The summed E-state index contributed by atoms with van der Waals surface area (Å²) < 4.78 is 71.8. The molecule has 0 aliphatic carbocycles. The Bertz CT molecular complexity index is 2740. The van der Waals surface area contributed by atoms with E-state index in [1.165, 1.54) is 10.6 Å². The van der Waals surface area contributed by atoms with E-state index < -0.39 is 12.7 Å². The van der Waals surface area contributed by atoms with E-state index in [0.717, 1.165) is 75.7 Å². The fourth-order valence-electron chi connectivity index (χ4n) is 8.04. The molecule has 4 heterocycles. The first-order chi connectivity index (χ1) is 33.9. The number of halogens is 3. The van der Waals surface area contributed by atoms with Crippen LogP contribution in [-0.4, -0.2) is 123 Å². The SMILES string of the molecule is Cc1noc(C)c1-c1ccc(=O)n(Cc2cccc(OCC(=O)NCCOCCOCCOCCSc3ccc(NCC#Cc4cc5c(NC6CCN(C)CC6)cccc5n4CC(F)(F)F)cc3)c2)c1. The molecule has 1 amide bonds. The van der Waals surface area contributed by atoms with Crippen molar-refractivity contribution >= 4 is 39.9 Å². The Labute approximate surface area is 410 Å². The Morgan fingerprint density at radius 3 is 2.40 bits per heavy atom. The van der Waals surface area contributed by atoms with Gasteiger partial charge in [-0.05, 0) is 119 Å². The molecule has 0 radical (unpaired) electrons. The summed E-state index contributed by atoms with van der Waals surface area (Å²) in [6.45, 7) is 7.82. The van der Waals surface area contributed by atoms with Gasteiger partial charge in [0.15, 0.2) is 6.61 Å². The number of benzene rings is 3. The number of hydrogen-bond donors (Lipinski definition) is 3. The second kappa shape index (κ2) is 25.6. The van der Waals surface area contributed by atoms with Gasteiger partial charge in [-0.2, -0.15) is 13.2 Å². The molecule has 0 bridgehead atoms. The number of pyridine rings is 1. The zero-order valence-corrected chi connectivity index (χ0v) is 40.6. The van der Waals surface area contributed by atoms with Crippen LogP contribution < -0.4 is 26.2 Å². The van der Waals surface area contributed by atoms with Gasteiger partial charge < -0.3 is 53.5 Å². The number of anilines is 2. The molecule has 1 aliphatic rings. The van der Waals surface area contributed by atoms with Crippen LogP contribution in [0.1, 0.15) is 35.6 Å². The van der Waals surface area contributed by atoms with Crippen LogP contribution in [0, 0.1) is 25.7 Å². The van der Waals surface area contributed by atoms with Crippen LogP contribution in [0.4, 0.5) is 24.5 Å². The summed E-state index contributed by atoms with van der Waals surface area (Å²) >= 11 is 1.66. The quantitative estimate of drug-likeness (QED) is 0.0307. The average Bonchev–Trinajstić information content (AvgIpc) is 3.87. The van der Waals surface area contributed by atoms with Crippen LogP contribution in [0.25, 0.3) is 22.0 Å². The van der Waals surface area contributed by atoms with Crippen molar-refractivity contribution in [3.63, 3.8) is 0 Å². The molecule has 1 saturated heterocycles. The zero-order chi connectivity index (χ0) is 49.3. The minimum absolute atomic E-state index is 0.146. The molecule has 1 aliphatic heterocycles. The van der Waals surface area contributed by atoms with Gasteiger partial charge in [-0.15, -0.1) is 11.8 Å². The van der Waals surface area contributed by atoms with E-state index in [2.05, 4.69) is 44.9 Å². The van der Waals surface area contributed by atoms with Gasteiger partial charge in [-0.3, -0.25) is 9.59 Å². The minimum atomic E-state index is -4.39. The first-order valence-electron chi connectivity index (χ1n) is 23.3. The number of alkyl halides is 3. The molecule has 0 atom stereocenters. The maximum Gasteiger partial charge on any atom is 0.406 e. The van der Waals surface area contributed by atoms with Crippen molar-refractivity contribution in [1.82, 2.24) is 24.5 Å². The second-order valence-corrected chi connectivity index (χ2v) is 18.1. The summed E-state index contributed by atoms with van der Waals surface area (Å²) in [5, 5.41) is 14.4. The molecule has 1 fully saturated rings. The first-order valence-corrected chi connectivity index (χ1v) is 24.3. The fraction of sp³-hybridized carbons (Fsp3) is 0.404. The molecule has 0 spiro atoms. The number of carbonyl (C=O) groups excluding carboxylic acids is 1. The third-order valence-corrected chi connectivity index (χ3v) is 12.5. The highest BCUT2D eigenvalue weighted by Gasteiger charge is 2.30. The van der Waals surface area contributed by atoms with Crippen LogP contribution in [0.2, 0.25) is 0 Å². The van der Waals surface area contributed by atoms with Gasteiger partial charge in [0.05, 0.1) is 69.6 Å². The molecule has 3 aromatic carbocycles. The predicted octanol–water partition coefficient (Wildman–Crippen LogP) is 7.99. The largest absolute Gasteiger partial charge is 0.484 e. The maximum absolute atomic E-state index is 13.7. The van der Waals surface area contributed by atoms with Crippen LogP contribution in [0.3, 0.4) is 0 Å². The minimum Gasteiger partial charge on any atom is -0.484 e. The molecule has 14 nitrogen and oxygen atoms in total. The summed E-state index contributed by atoms with van der Waals surface area (Å²) in [6, 6.07) is 25.9. The molecule has 6 aromatic rings. The number of nitrogens with zero attached hydrogens (tertiary/aromatic N) is 4. The van der Waals surface area contributed by atoms with Crippen molar-refractivity contribution in [2.75, 3.05) is 95.9 Å². The number of fused-ring (bicyclic) bond motifs is 1. The molecular formula is C52H60F3N7O7S. The number of piperidine rings is 1. The summed E-state index contributed by atoms with van der Waals surface area (Å²) in [7, 11) is 2.10. The molecule has 0 unspecified atom stereocenters. The molecule has 3 N–H and O–H groups in total. The summed E-state index contributed by atoms with van der Waals surface area (Å²) in [5.41, 5.74) is 5.68. The van der Waals surface area contributed by atoms with E-state index in [9.17, 15) is 22.8 Å². The highest BCUT2D eigenvalue weighted by Crippen LogP contribution is 2.32. The number of ether oxygens (including phenoxy) is 4. The maximum atomic E-state index is 13.7. The summed E-state index contributed by atoms with van der Waals surface area (Å²) in [4.78, 5) is 28.4. The van der Waals surface area contributed by atoms with Gasteiger partial charge >= 0.3 is 6.18 Å². The number of aryl methyl sites for hydroxylation is 2. The van der Waals surface area contributed by atoms with Gasteiger partial charge in [0.2, 0.25) is 0 Å². The zero-order valence-electron chi connectivity index (χ0n) is 39.7. The van der Waals surface area contributed by atoms with Gasteiger partial charge in [0.1, 0.15) is 18.1 Å². The van der Waals surface area contributed by atoms with Crippen molar-refractivity contribution < 1.29 is 41.4 Å². The molecule has 70 heavy (non-hydrogen) atoms. The van der Waals surface area contributed by atoms with Gasteiger partial charge in [-0.1, -0.05) is 29.3 Å². The highest BCUT2D eigenvalue weighted by molar-refractivity contribution is 7.99. The molecule has 0 saturated carbocycles. The third-order valence-electron chi connectivity index (χ3n) is 11.5. The van der Waals surface area contributed by atoms with Crippen molar-refractivity contribution in [3.05, 3.63) is 124 Å². The van der Waals surface area contributed by atoms with Crippen LogP contribution >= 0.6 is 11.8 Å². The molecule has 18 heteroatoms. The number of aromatic nitrogens is 3.